The lowest BCUT2D eigenvalue weighted by molar-refractivity contribution is -0.121. The molecule has 1 aromatic heterocycles. The zero-order valence-electron chi connectivity index (χ0n) is 16.0. The first-order valence-electron chi connectivity index (χ1n) is 9.75. The summed E-state index contributed by atoms with van der Waals surface area (Å²) < 4.78 is 5.57. The van der Waals surface area contributed by atoms with Gasteiger partial charge in [0.1, 0.15) is 5.58 Å². The number of hydrogen-bond donors (Lipinski definition) is 1. The Morgan fingerprint density at radius 3 is 2.82 bits per heavy atom. The first-order valence-corrected chi connectivity index (χ1v) is 9.75. The lowest BCUT2D eigenvalue weighted by Crippen LogP contribution is -2.32. The third kappa shape index (κ3) is 3.79. The van der Waals surface area contributed by atoms with E-state index in [4.69, 9.17) is 4.42 Å². The van der Waals surface area contributed by atoms with Crippen LogP contribution in [0.25, 0.3) is 11.0 Å². The molecule has 144 valence electrons. The van der Waals surface area contributed by atoms with Crippen LogP contribution in [-0.4, -0.2) is 24.9 Å². The molecule has 2 amide bonds. The van der Waals surface area contributed by atoms with Crippen molar-refractivity contribution in [1.29, 1.82) is 0 Å². The zero-order chi connectivity index (χ0) is 19.5. The topological polar surface area (TPSA) is 62.6 Å². The van der Waals surface area contributed by atoms with Crippen LogP contribution >= 0.6 is 0 Å². The number of nitrogens with zero attached hydrogens (tertiary/aromatic N) is 1. The van der Waals surface area contributed by atoms with Gasteiger partial charge < -0.3 is 14.6 Å². The number of benzene rings is 2. The highest BCUT2D eigenvalue weighted by Crippen LogP contribution is 2.25. The van der Waals surface area contributed by atoms with E-state index in [0.29, 0.717) is 19.5 Å². The number of rotatable bonds is 6. The standard InChI is InChI=1S/C23H24N2O3/c1-2-16-8-9-21-20(10-16)18(15-28-21)12-22(26)24-13-17-11-23(27)25(14-17)19-6-4-3-5-7-19/h3-10,15,17H,2,11-14H2,1H3,(H,24,26)/t17-/m1/s1. The summed E-state index contributed by atoms with van der Waals surface area (Å²) in [7, 11) is 0. The third-order valence-corrected chi connectivity index (χ3v) is 5.34. The van der Waals surface area contributed by atoms with E-state index >= 15 is 0 Å². The Bertz CT molecular complexity index is 994. The van der Waals surface area contributed by atoms with Gasteiger partial charge in [-0.3, -0.25) is 9.59 Å². The molecular weight excluding hydrogens is 352 g/mol. The second-order valence-corrected chi connectivity index (χ2v) is 7.34. The molecule has 1 aliphatic rings. The maximum Gasteiger partial charge on any atom is 0.227 e. The smallest absolute Gasteiger partial charge is 0.227 e. The van der Waals surface area contributed by atoms with Crippen molar-refractivity contribution < 1.29 is 14.0 Å². The number of nitrogens with one attached hydrogen (secondary N) is 1. The van der Waals surface area contributed by atoms with E-state index in [-0.39, 0.29) is 24.2 Å². The second-order valence-electron chi connectivity index (χ2n) is 7.34. The van der Waals surface area contributed by atoms with Crippen molar-refractivity contribution in [3.05, 3.63) is 65.9 Å². The molecule has 4 rings (SSSR count). The van der Waals surface area contributed by atoms with E-state index in [2.05, 4.69) is 18.3 Å². The minimum absolute atomic E-state index is 0.0461. The minimum atomic E-state index is -0.0461. The summed E-state index contributed by atoms with van der Waals surface area (Å²) in [5.41, 5.74) is 3.84. The van der Waals surface area contributed by atoms with Gasteiger partial charge in [-0.1, -0.05) is 31.2 Å². The van der Waals surface area contributed by atoms with E-state index in [1.165, 1.54) is 5.56 Å². The lowest BCUT2D eigenvalue weighted by atomic mass is 10.1. The van der Waals surface area contributed by atoms with Gasteiger partial charge in [0.05, 0.1) is 12.7 Å². The van der Waals surface area contributed by atoms with Crippen LogP contribution in [0.5, 0.6) is 0 Å². The number of carbonyl (C=O) groups excluding carboxylic acids is 2. The van der Waals surface area contributed by atoms with Crippen LogP contribution < -0.4 is 10.2 Å². The Balaban J connectivity index is 1.35. The first kappa shape index (κ1) is 18.3. The molecule has 3 aromatic rings. The number of fused-ring (bicyclic) bond motifs is 1. The summed E-state index contributed by atoms with van der Waals surface area (Å²) in [4.78, 5) is 26.5. The van der Waals surface area contributed by atoms with E-state index < -0.39 is 0 Å². The van der Waals surface area contributed by atoms with Gasteiger partial charge >= 0.3 is 0 Å². The molecule has 0 saturated carbocycles. The van der Waals surface area contributed by atoms with E-state index in [1.807, 2.05) is 42.5 Å². The fourth-order valence-corrected chi connectivity index (χ4v) is 3.76. The number of hydrogen-bond acceptors (Lipinski definition) is 3. The van der Waals surface area contributed by atoms with Crippen molar-refractivity contribution in [3.63, 3.8) is 0 Å². The molecule has 1 N–H and O–H groups in total. The minimum Gasteiger partial charge on any atom is -0.464 e. The number of para-hydroxylation sites is 1. The van der Waals surface area contributed by atoms with Gasteiger partial charge in [0.15, 0.2) is 0 Å². The van der Waals surface area contributed by atoms with Gasteiger partial charge in [-0.2, -0.15) is 0 Å². The maximum absolute atomic E-state index is 12.4. The number of amides is 2. The zero-order valence-corrected chi connectivity index (χ0v) is 16.0. The van der Waals surface area contributed by atoms with Gasteiger partial charge in [-0.15, -0.1) is 0 Å². The van der Waals surface area contributed by atoms with Crippen LogP contribution in [0.4, 0.5) is 5.69 Å². The molecule has 1 atom stereocenters. The summed E-state index contributed by atoms with van der Waals surface area (Å²) in [5, 5.41) is 3.99. The summed E-state index contributed by atoms with van der Waals surface area (Å²) in [5.74, 6) is 0.193. The van der Waals surface area contributed by atoms with Crippen molar-refractivity contribution in [3.8, 4) is 0 Å². The molecule has 28 heavy (non-hydrogen) atoms. The van der Waals surface area contributed by atoms with Gasteiger partial charge in [0.25, 0.3) is 0 Å². The highest BCUT2D eigenvalue weighted by atomic mass is 16.3. The van der Waals surface area contributed by atoms with Gasteiger partial charge in [-0.05, 0) is 36.2 Å². The van der Waals surface area contributed by atoms with E-state index in [1.54, 1.807) is 11.2 Å². The number of anilines is 1. The van der Waals surface area contributed by atoms with Gasteiger partial charge in [0.2, 0.25) is 11.8 Å². The quantitative estimate of drug-likeness (QED) is 0.713. The molecular formula is C23H24N2O3. The lowest BCUT2D eigenvalue weighted by Gasteiger charge is -2.16. The van der Waals surface area contributed by atoms with Crippen LogP contribution in [0, 0.1) is 5.92 Å². The van der Waals surface area contributed by atoms with Crippen LogP contribution in [0.2, 0.25) is 0 Å². The van der Waals surface area contributed by atoms with Crippen molar-refractivity contribution in [2.24, 2.45) is 5.92 Å². The van der Waals surface area contributed by atoms with E-state index in [0.717, 1.165) is 28.6 Å². The molecule has 1 fully saturated rings. The molecule has 5 nitrogen and oxygen atoms in total. The average molecular weight is 376 g/mol. The summed E-state index contributed by atoms with van der Waals surface area (Å²) in [6.07, 6.45) is 3.35. The highest BCUT2D eigenvalue weighted by molar-refractivity contribution is 5.95. The van der Waals surface area contributed by atoms with Crippen LogP contribution in [0.3, 0.4) is 0 Å². The molecule has 5 heteroatoms. The van der Waals surface area contributed by atoms with E-state index in [9.17, 15) is 9.59 Å². The van der Waals surface area contributed by atoms with Crippen LogP contribution in [-0.2, 0) is 22.4 Å². The van der Waals surface area contributed by atoms with Gasteiger partial charge in [-0.25, -0.2) is 0 Å². The Morgan fingerprint density at radius 2 is 2.04 bits per heavy atom. The summed E-state index contributed by atoms with van der Waals surface area (Å²) >= 11 is 0. The van der Waals surface area contributed by atoms with Gasteiger partial charge in [0, 0.05) is 42.1 Å². The predicted molar refractivity (Wildman–Crippen MR) is 109 cm³/mol. The predicted octanol–water partition coefficient (Wildman–Crippen LogP) is 3.71. The molecule has 1 saturated heterocycles. The Kier molecular flexibility index (Phi) is 5.15. The molecule has 2 aromatic carbocycles. The number of carbonyl (C=O) groups is 2. The Labute approximate surface area is 164 Å². The maximum atomic E-state index is 12.4. The largest absolute Gasteiger partial charge is 0.464 e. The Morgan fingerprint density at radius 1 is 1.21 bits per heavy atom. The average Bonchev–Trinajstić information content (AvgIpc) is 3.30. The fraction of sp³-hybridized carbons (Fsp3) is 0.304. The number of furan rings is 1. The van der Waals surface area contributed by atoms with Crippen LogP contribution in [0.1, 0.15) is 24.5 Å². The van der Waals surface area contributed by atoms with Crippen LogP contribution in [0.15, 0.2) is 59.2 Å². The molecule has 2 heterocycles. The summed E-state index contributed by atoms with van der Waals surface area (Å²) in [6.45, 7) is 3.25. The second kappa shape index (κ2) is 7.89. The molecule has 1 aliphatic heterocycles. The molecule has 0 unspecified atom stereocenters. The van der Waals surface area contributed by atoms with Crippen molar-refractivity contribution in [1.82, 2.24) is 5.32 Å². The first-order chi connectivity index (χ1) is 13.6. The normalized spacial score (nSPS) is 16.7. The third-order valence-electron chi connectivity index (χ3n) is 5.34. The van der Waals surface area contributed by atoms with Crippen molar-refractivity contribution in [2.75, 3.05) is 18.0 Å². The number of aryl methyl sites for hydroxylation is 1. The monoisotopic (exact) mass is 376 g/mol. The molecule has 0 aliphatic carbocycles. The van der Waals surface area contributed by atoms with Crippen molar-refractivity contribution in [2.45, 2.75) is 26.2 Å². The molecule has 0 spiro atoms. The van der Waals surface area contributed by atoms with Crippen molar-refractivity contribution >= 4 is 28.5 Å². The highest BCUT2D eigenvalue weighted by Gasteiger charge is 2.30. The molecule has 0 bridgehead atoms. The Hall–Kier alpha value is -3.08. The SMILES string of the molecule is CCc1ccc2occ(CC(=O)NC[C@H]3CC(=O)N(c4ccccc4)C3)c2c1. The summed E-state index contributed by atoms with van der Waals surface area (Å²) in [6, 6.07) is 15.8. The fourth-order valence-electron chi connectivity index (χ4n) is 3.76. The molecule has 0 radical (unpaired) electrons.